The van der Waals surface area contributed by atoms with Crippen molar-refractivity contribution >= 4 is 34.9 Å². The zero-order chi connectivity index (χ0) is 16.8. The summed E-state index contributed by atoms with van der Waals surface area (Å²) in [5.74, 6) is 0.596. The highest BCUT2D eigenvalue weighted by atomic mass is 35.5. The van der Waals surface area contributed by atoms with Gasteiger partial charge in [-0.2, -0.15) is 0 Å². The van der Waals surface area contributed by atoms with Crippen LogP contribution in [0.2, 0.25) is 5.02 Å². The Hall–Kier alpha value is -1.38. The van der Waals surface area contributed by atoms with Crippen molar-refractivity contribution in [3.8, 4) is 5.75 Å². The van der Waals surface area contributed by atoms with Crippen LogP contribution >= 0.6 is 11.6 Å². The monoisotopic (exact) mass is 353 g/mol. The van der Waals surface area contributed by atoms with Crippen molar-refractivity contribution in [2.24, 2.45) is 4.53 Å². The second kappa shape index (κ2) is 8.47. The zero-order valence-electron chi connectivity index (χ0n) is 12.8. The summed E-state index contributed by atoms with van der Waals surface area (Å²) >= 11 is 5.85. The van der Waals surface area contributed by atoms with Crippen LogP contribution in [0.5, 0.6) is 5.75 Å². The van der Waals surface area contributed by atoms with Crippen molar-refractivity contribution in [1.29, 1.82) is 0 Å². The van der Waals surface area contributed by atoms with Gasteiger partial charge in [0.1, 0.15) is 5.75 Å². The predicted molar refractivity (Wildman–Crippen MR) is 93.0 cm³/mol. The van der Waals surface area contributed by atoms with Crippen LogP contribution in [0.4, 0.5) is 0 Å². The highest BCUT2D eigenvalue weighted by molar-refractivity contribution is 7.86. The largest absolute Gasteiger partial charge is 0.518 e. The van der Waals surface area contributed by atoms with Crippen molar-refractivity contribution in [3.05, 3.63) is 53.1 Å². The number of hydrogen-bond acceptors (Lipinski definition) is 5. The van der Waals surface area contributed by atoms with Crippen LogP contribution in [0.15, 0.2) is 51.9 Å². The Balaban J connectivity index is 2.13. The van der Waals surface area contributed by atoms with Gasteiger partial charge < -0.3 is 14.9 Å². The molecule has 122 valence electrons. The Morgan fingerprint density at radius 3 is 2.52 bits per heavy atom. The number of halogens is 1. The molecule has 0 amide bonds. The lowest BCUT2D eigenvalue weighted by Gasteiger charge is -2.11. The van der Waals surface area contributed by atoms with Crippen LogP contribution in [0, 0.1) is 0 Å². The Morgan fingerprint density at radius 1 is 1.22 bits per heavy atom. The van der Waals surface area contributed by atoms with Gasteiger partial charge in [0.05, 0.1) is 13.7 Å². The Kier molecular flexibility index (Phi) is 6.62. The molecule has 8 heteroatoms. The van der Waals surface area contributed by atoms with Crippen LogP contribution < -0.4 is 10.2 Å². The molecule has 0 aliphatic heterocycles. The summed E-state index contributed by atoms with van der Waals surface area (Å²) in [6.07, 6.45) is 1.87. The molecule has 2 N–H and O–H groups in total. The maximum absolute atomic E-state index is 10.2. The number of aliphatic hydroxyl groups is 1. The molecule has 0 saturated heterocycles. The summed E-state index contributed by atoms with van der Waals surface area (Å²) in [7, 11) is -0.278. The highest BCUT2D eigenvalue weighted by Crippen LogP contribution is 2.14. The fourth-order valence-corrected chi connectivity index (χ4v) is 2.88. The summed E-state index contributed by atoms with van der Waals surface area (Å²) in [6, 6.07) is 12.2. The molecule has 0 aromatic heterocycles. The van der Waals surface area contributed by atoms with Crippen LogP contribution in [-0.4, -0.2) is 30.6 Å². The topological polar surface area (TPSA) is 71.3 Å². The molecule has 0 heterocycles. The van der Waals surface area contributed by atoms with Gasteiger partial charge in [-0.15, -0.1) is 4.53 Å². The second-order valence-electron chi connectivity index (χ2n) is 4.69. The van der Waals surface area contributed by atoms with Crippen molar-refractivity contribution in [1.82, 2.24) is 0 Å². The molecule has 1 atom stereocenters. The van der Waals surface area contributed by atoms with Crippen molar-refractivity contribution < 1.29 is 19.6 Å². The predicted octanol–water partition coefficient (Wildman–Crippen LogP) is 1.95. The quantitative estimate of drug-likeness (QED) is 0.615. The number of rotatable bonds is 6. The van der Waals surface area contributed by atoms with Gasteiger partial charge in [0, 0.05) is 9.92 Å². The minimum Gasteiger partial charge on any atom is -0.497 e. The number of aliphatic hydroxyl groups excluding tert-OH is 1. The molecule has 23 heavy (non-hydrogen) atoms. The van der Waals surface area contributed by atoms with Crippen molar-refractivity contribution in [3.63, 3.8) is 0 Å². The third kappa shape index (κ3) is 4.80. The van der Waals surface area contributed by atoms with E-state index in [9.17, 15) is 10.1 Å². The normalized spacial score (nSPS) is 12.2. The molecule has 2 aromatic carbocycles. The summed E-state index contributed by atoms with van der Waals surface area (Å²) in [5, 5.41) is 20.2. The molecule has 2 aromatic rings. The lowest BCUT2D eigenvalue weighted by atomic mass is 9.77. The van der Waals surface area contributed by atoms with E-state index < -0.39 is 17.8 Å². The van der Waals surface area contributed by atoms with Crippen molar-refractivity contribution in [2.45, 2.75) is 11.5 Å². The molecule has 0 saturated carbocycles. The lowest BCUT2D eigenvalue weighted by Crippen LogP contribution is -2.35. The van der Waals surface area contributed by atoms with E-state index in [0.717, 1.165) is 4.90 Å². The molecule has 5 nitrogen and oxygen atoms in total. The fraction of sp³-hybridized carbons (Fsp3) is 0.200. The third-order valence-corrected chi connectivity index (χ3v) is 4.71. The number of hydrogen-bond donors (Lipinski definition) is 2. The first-order chi connectivity index (χ1) is 11.0. The van der Waals surface area contributed by atoms with E-state index in [4.69, 9.17) is 21.1 Å². The Labute approximate surface area is 143 Å². The summed E-state index contributed by atoms with van der Waals surface area (Å²) < 4.78 is 14.3. The summed E-state index contributed by atoms with van der Waals surface area (Å²) in [4.78, 5) is 0.943. The van der Waals surface area contributed by atoms with Gasteiger partial charge in [0.2, 0.25) is 0 Å². The maximum atomic E-state index is 10.2. The minimum atomic E-state index is -1.26. The molecular formula is C15H17BClNO4S. The highest BCUT2D eigenvalue weighted by Gasteiger charge is 2.21. The third-order valence-electron chi connectivity index (χ3n) is 3.20. The fourth-order valence-electron chi connectivity index (χ4n) is 1.92. The first kappa shape index (κ1) is 18.0. The molecule has 1 unspecified atom stereocenters. The maximum Gasteiger partial charge on any atom is 0.518 e. The molecule has 0 radical (unpaired) electrons. The zero-order valence-corrected chi connectivity index (χ0v) is 14.3. The Bertz CT molecular complexity index is 696. The van der Waals surface area contributed by atoms with Gasteiger partial charge in [-0.05, 0) is 64.4 Å². The van der Waals surface area contributed by atoms with E-state index in [1.54, 1.807) is 30.3 Å². The van der Waals surface area contributed by atoms with Gasteiger partial charge in [-0.3, -0.25) is 4.76 Å². The van der Waals surface area contributed by atoms with Gasteiger partial charge >= 0.3 is 7.12 Å². The number of ether oxygens (including phenoxy) is 1. The van der Waals surface area contributed by atoms with E-state index in [1.165, 1.54) is 7.11 Å². The van der Waals surface area contributed by atoms with Gasteiger partial charge in [-0.1, -0.05) is 17.7 Å². The van der Waals surface area contributed by atoms with E-state index in [0.29, 0.717) is 21.8 Å². The standard InChI is InChI=1S/C15H17BClNO4S/c1-21-13-5-8-15(11(9-13)10-19)16(20)22-18-23(2)14-6-3-12(17)4-7-14/h3-9,19-20H,10H2,1-2H3. The molecular weight excluding hydrogens is 337 g/mol. The van der Waals surface area contributed by atoms with Crippen LogP contribution in [-0.2, 0) is 22.1 Å². The van der Waals surface area contributed by atoms with Gasteiger partial charge in [-0.25, -0.2) is 0 Å². The molecule has 0 aliphatic carbocycles. The first-order valence-corrected chi connectivity index (χ1v) is 8.76. The number of methoxy groups -OCH3 is 1. The molecule has 0 spiro atoms. The summed E-state index contributed by atoms with van der Waals surface area (Å²) in [5.41, 5.74) is 0.972. The first-order valence-electron chi connectivity index (χ1n) is 6.79. The minimum absolute atomic E-state index is 0.234. The SMILES string of the molecule is COc1ccc(B(O)ON=S(C)c2ccc(Cl)cc2)c(CO)c1. The molecule has 0 bridgehead atoms. The Morgan fingerprint density at radius 2 is 1.91 bits per heavy atom. The van der Waals surface area contributed by atoms with E-state index in [-0.39, 0.29) is 6.61 Å². The van der Waals surface area contributed by atoms with E-state index >= 15 is 0 Å². The van der Waals surface area contributed by atoms with Gasteiger partial charge in [0.15, 0.2) is 0 Å². The van der Waals surface area contributed by atoms with E-state index in [2.05, 4.69) is 4.53 Å². The number of nitrogens with zero attached hydrogens (tertiary/aromatic N) is 1. The van der Waals surface area contributed by atoms with Crippen LogP contribution in [0.1, 0.15) is 5.56 Å². The molecule has 2 rings (SSSR count). The smallest absolute Gasteiger partial charge is 0.497 e. The second-order valence-corrected chi connectivity index (χ2v) is 6.70. The van der Waals surface area contributed by atoms with Crippen molar-refractivity contribution in [2.75, 3.05) is 13.4 Å². The average molecular weight is 354 g/mol. The molecule has 0 fully saturated rings. The van der Waals surface area contributed by atoms with Crippen LogP contribution in [0.25, 0.3) is 0 Å². The van der Waals surface area contributed by atoms with Crippen LogP contribution in [0.3, 0.4) is 0 Å². The lowest BCUT2D eigenvalue weighted by molar-refractivity contribution is 0.276. The van der Waals surface area contributed by atoms with Gasteiger partial charge in [0.25, 0.3) is 0 Å². The van der Waals surface area contributed by atoms with E-state index in [1.807, 2.05) is 18.4 Å². The number of benzene rings is 2. The molecule has 0 aliphatic rings. The summed E-state index contributed by atoms with van der Waals surface area (Å²) in [6.45, 7) is -0.234. The average Bonchev–Trinajstić information content (AvgIpc) is 2.59.